The first kappa shape index (κ1) is 13.2. The monoisotopic (exact) mass is 241 g/mol. The molecule has 0 bridgehead atoms. The molecule has 0 aliphatic heterocycles. The molecule has 1 heterocycles. The Hall–Kier alpha value is -1.89. The van der Waals surface area contributed by atoms with Crippen LogP contribution in [0.2, 0.25) is 0 Å². The van der Waals surface area contributed by atoms with Gasteiger partial charge >= 0.3 is 5.69 Å². The molecule has 7 heteroatoms. The Morgan fingerprint density at radius 3 is 2.59 bits per heavy atom. The van der Waals surface area contributed by atoms with E-state index >= 15 is 0 Å². The summed E-state index contributed by atoms with van der Waals surface area (Å²) in [6, 6.07) is 0. The molecular weight excluding hydrogens is 226 g/mol. The molecule has 0 unspecified atom stereocenters. The third-order valence-corrected chi connectivity index (χ3v) is 2.17. The fourth-order valence-corrected chi connectivity index (χ4v) is 1.39. The molecule has 4 N–H and O–H groups in total. The standard InChI is InChI=1S/C10H15N3O4/c1-2-6(11-4-3-5-14)7-8(15)12-10(17)13-9(7)16/h14H,2-5H2,1H3,(H3,12,13,15,16,17). The molecule has 0 aliphatic rings. The molecule has 0 spiro atoms. The number of aliphatic hydroxyl groups is 1. The van der Waals surface area contributed by atoms with E-state index in [9.17, 15) is 14.7 Å². The number of aromatic nitrogens is 2. The highest BCUT2D eigenvalue weighted by Gasteiger charge is 2.13. The van der Waals surface area contributed by atoms with Crippen molar-refractivity contribution in [3.05, 3.63) is 26.4 Å². The van der Waals surface area contributed by atoms with Crippen molar-refractivity contribution < 1.29 is 10.2 Å². The van der Waals surface area contributed by atoms with Crippen molar-refractivity contribution in [3.63, 3.8) is 0 Å². The van der Waals surface area contributed by atoms with Crippen LogP contribution in [0.4, 0.5) is 0 Å². The molecule has 0 radical (unpaired) electrons. The predicted octanol–water partition coefficient (Wildman–Crippen LogP) is -0.650. The highest BCUT2D eigenvalue weighted by Crippen LogP contribution is 2.09. The molecule has 1 rings (SSSR count). The second-order valence-corrected chi connectivity index (χ2v) is 3.39. The van der Waals surface area contributed by atoms with E-state index in [0.29, 0.717) is 25.1 Å². The van der Waals surface area contributed by atoms with E-state index in [2.05, 4.69) is 9.98 Å². The van der Waals surface area contributed by atoms with Crippen LogP contribution >= 0.6 is 0 Å². The van der Waals surface area contributed by atoms with Crippen LogP contribution in [0.3, 0.4) is 0 Å². The van der Waals surface area contributed by atoms with Gasteiger partial charge in [0, 0.05) is 13.2 Å². The summed E-state index contributed by atoms with van der Waals surface area (Å²) in [7, 11) is 0. The van der Waals surface area contributed by atoms with Gasteiger partial charge in [-0.25, -0.2) is 4.79 Å². The number of H-pyrrole nitrogens is 2. The zero-order valence-electron chi connectivity index (χ0n) is 9.49. The molecule has 0 amide bonds. The van der Waals surface area contributed by atoms with Gasteiger partial charge in [0.1, 0.15) is 5.56 Å². The average Bonchev–Trinajstić information content (AvgIpc) is 2.25. The van der Waals surface area contributed by atoms with E-state index in [1.807, 2.05) is 4.98 Å². The van der Waals surface area contributed by atoms with E-state index in [-0.39, 0.29) is 12.2 Å². The van der Waals surface area contributed by atoms with Crippen molar-refractivity contribution in [2.45, 2.75) is 19.8 Å². The van der Waals surface area contributed by atoms with Crippen molar-refractivity contribution >= 4 is 5.71 Å². The maximum absolute atomic E-state index is 11.5. The van der Waals surface area contributed by atoms with Crippen LogP contribution in [0, 0.1) is 0 Å². The number of nitrogens with one attached hydrogen (secondary N) is 2. The quantitative estimate of drug-likeness (QED) is 0.404. The van der Waals surface area contributed by atoms with E-state index in [1.54, 1.807) is 6.92 Å². The topological polar surface area (TPSA) is 119 Å². The number of aliphatic hydroxyl groups excluding tert-OH is 1. The highest BCUT2D eigenvalue weighted by molar-refractivity contribution is 6.01. The lowest BCUT2D eigenvalue weighted by Gasteiger charge is -2.04. The molecule has 17 heavy (non-hydrogen) atoms. The molecule has 1 aromatic rings. The Labute approximate surface area is 96.9 Å². The maximum Gasteiger partial charge on any atom is 0.328 e. The molecule has 0 saturated heterocycles. The minimum Gasteiger partial charge on any atom is -0.494 e. The van der Waals surface area contributed by atoms with E-state index in [1.165, 1.54) is 0 Å². The largest absolute Gasteiger partial charge is 0.494 e. The van der Waals surface area contributed by atoms with Gasteiger partial charge in [-0.1, -0.05) is 6.92 Å². The van der Waals surface area contributed by atoms with Crippen LogP contribution < -0.4 is 11.2 Å². The van der Waals surface area contributed by atoms with Crippen LogP contribution in [0.15, 0.2) is 14.6 Å². The summed E-state index contributed by atoms with van der Waals surface area (Å²) in [5, 5.41) is 18.2. The third-order valence-electron chi connectivity index (χ3n) is 2.17. The normalized spacial score (nSPS) is 11.8. The minimum atomic E-state index is -0.762. The van der Waals surface area contributed by atoms with E-state index in [4.69, 9.17) is 5.11 Å². The Kier molecular flexibility index (Phi) is 4.65. The Morgan fingerprint density at radius 2 is 2.06 bits per heavy atom. The number of hydrogen-bond acceptors (Lipinski definition) is 5. The second-order valence-electron chi connectivity index (χ2n) is 3.39. The molecule has 1 aromatic heterocycles. The van der Waals surface area contributed by atoms with Crippen LogP contribution in [0.5, 0.6) is 5.88 Å². The summed E-state index contributed by atoms with van der Waals surface area (Å²) < 4.78 is 0. The summed E-state index contributed by atoms with van der Waals surface area (Å²) in [4.78, 5) is 30.7. The zero-order valence-corrected chi connectivity index (χ0v) is 9.49. The Bertz CT molecular complexity index is 515. The average molecular weight is 241 g/mol. The van der Waals surface area contributed by atoms with Gasteiger partial charge in [-0.2, -0.15) is 0 Å². The molecule has 94 valence electrons. The van der Waals surface area contributed by atoms with Gasteiger partial charge < -0.3 is 10.2 Å². The Morgan fingerprint density at radius 1 is 1.35 bits per heavy atom. The van der Waals surface area contributed by atoms with Gasteiger partial charge in [0.2, 0.25) is 5.88 Å². The molecule has 0 atom stereocenters. The molecule has 0 aromatic carbocycles. The third kappa shape index (κ3) is 3.28. The number of nitrogens with zero attached hydrogens (tertiary/aromatic N) is 1. The van der Waals surface area contributed by atoms with Crippen molar-refractivity contribution in [1.82, 2.24) is 9.97 Å². The molecule has 0 saturated carbocycles. The zero-order chi connectivity index (χ0) is 12.8. The first-order valence-corrected chi connectivity index (χ1v) is 5.30. The van der Waals surface area contributed by atoms with Gasteiger partial charge in [-0.15, -0.1) is 0 Å². The van der Waals surface area contributed by atoms with Gasteiger partial charge in [-0.3, -0.25) is 19.8 Å². The molecule has 0 fully saturated rings. The molecular formula is C10H15N3O4. The summed E-state index contributed by atoms with van der Waals surface area (Å²) in [6.07, 6.45) is 0.916. The van der Waals surface area contributed by atoms with Crippen LogP contribution in [0.1, 0.15) is 25.3 Å². The number of aromatic amines is 2. The lowest BCUT2D eigenvalue weighted by molar-refractivity contribution is 0.291. The van der Waals surface area contributed by atoms with Gasteiger partial charge in [0.05, 0.1) is 5.71 Å². The molecule has 7 nitrogen and oxygen atoms in total. The van der Waals surface area contributed by atoms with Gasteiger partial charge in [0.15, 0.2) is 0 Å². The lowest BCUT2D eigenvalue weighted by atomic mass is 10.1. The lowest BCUT2D eigenvalue weighted by Crippen LogP contribution is -2.27. The van der Waals surface area contributed by atoms with Crippen molar-refractivity contribution in [2.75, 3.05) is 13.2 Å². The number of hydrogen-bond donors (Lipinski definition) is 4. The summed E-state index contributed by atoms with van der Waals surface area (Å²) in [5.74, 6) is -0.483. The van der Waals surface area contributed by atoms with E-state index < -0.39 is 17.1 Å². The van der Waals surface area contributed by atoms with Crippen LogP contribution in [0.25, 0.3) is 0 Å². The van der Waals surface area contributed by atoms with Gasteiger partial charge in [0.25, 0.3) is 5.56 Å². The first-order chi connectivity index (χ1) is 8.10. The SMILES string of the molecule is CCC(=NCCCO)c1c(O)[nH]c(=O)[nH]c1=O. The maximum atomic E-state index is 11.5. The van der Waals surface area contributed by atoms with E-state index in [0.717, 1.165) is 0 Å². The summed E-state index contributed by atoms with van der Waals surface area (Å²) >= 11 is 0. The van der Waals surface area contributed by atoms with Crippen LogP contribution in [-0.4, -0.2) is 39.0 Å². The predicted molar refractivity (Wildman–Crippen MR) is 62.7 cm³/mol. The minimum absolute atomic E-state index is 0.00839. The number of rotatable bonds is 5. The fraction of sp³-hybridized carbons (Fsp3) is 0.500. The smallest absolute Gasteiger partial charge is 0.328 e. The first-order valence-electron chi connectivity index (χ1n) is 5.30. The van der Waals surface area contributed by atoms with Crippen molar-refractivity contribution in [2.24, 2.45) is 4.99 Å². The van der Waals surface area contributed by atoms with Crippen molar-refractivity contribution in [3.8, 4) is 5.88 Å². The summed E-state index contributed by atoms with van der Waals surface area (Å²) in [5.41, 5.74) is -1.06. The second kappa shape index (κ2) is 6.00. The highest BCUT2D eigenvalue weighted by atomic mass is 16.3. The fourth-order valence-electron chi connectivity index (χ4n) is 1.39. The van der Waals surface area contributed by atoms with Gasteiger partial charge in [-0.05, 0) is 12.8 Å². The number of aromatic hydroxyl groups is 1. The Balaban J connectivity index is 3.17. The van der Waals surface area contributed by atoms with Crippen molar-refractivity contribution in [1.29, 1.82) is 0 Å². The number of aliphatic imine (C=N–C) groups is 1. The van der Waals surface area contributed by atoms with Crippen LogP contribution in [-0.2, 0) is 0 Å². The molecule has 0 aliphatic carbocycles. The summed E-state index contributed by atoms with van der Waals surface area (Å²) in [6.45, 7) is 2.15.